The summed E-state index contributed by atoms with van der Waals surface area (Å²) in [4.78, 5) is 12.2. The van der Waals surface area contributed by atoms with Crippen molar-refractivity contribution in [3.63, 3.8) is 0 Å². The van der Waals surface area contributed by atoms with Crippen LogP contribution in [0.4, 0.5) is 0 Å². The average Bonchev–Trinajstić information content (AvgIpc) is 2.76. The summed E-state index contributed by atoms with van der Waals surface area (Å²) in [6.07, 6.45) is 4.55. The van der Waals surface area contributed by atoms with Gasteiger partial charge >= 0.3 is 0 Å². The fourth-order valence-electron chi connectivity index (χ4n) is 2.28. The zero-order valence-electron chi connectivity index (χ0n) is 10.4. The molecule has 0 radical (unpaired) electrons. The Morgan fingerprint density at radius 2 is 2.41 bits per heavy atom. The normalized spacial score (nSPS) is 19.4. The number of nitrogens with one attached hydrogen (secondary N) is 1. The quantitative estimate of drug-likeness (QED) is 0.854. The van der Waals surface area contributed by atoms with Crippen molar-refractivity contribution < 1.29 is 13.9 Å². The van der Waals surface area contributed by atoms with Gasteiger partial charge in [0.05, 0.1) is 24.3 Å². The summed E-state index contributed by atoms with van der Waals surface area (Å²) in [6.45, 7) is 2.43. The van der Waals surface area contributed by atoms with Crippen molar-refractivity contribution in [3.8, 4) is 0 Å². The van der Waals surface area contributed by atoms with E-state index in [1.165, 1.54) is 0 Å². The molecule has 2 rings (SSSR count). The number of rotatable bonds is 5. The Morgan fingerprint density at radius 3 is 2.88 bits per heavy atom. The maximum absolute atomic E-state index is 12.2. The molecular weight excluding hydrogens is 218 g/mol. The number of carbonyl (C=O) groups excluding carboxylic acids is 1. The molecule has 1 atom stereocenters. The van der Waals surface area contributed by atoms with Crippen LogP contribution >= 0.6 is 0 Å². The van der Waals surface area contributed by atoms with Crippen LogP contribution in [-0.2, 0) is 9.53 Å². The summed E-state index contributed by atoms with van der Waals surface area (Å²) >= 11 is 0. The van der Waals surface area contributed by atoms with Gasteiger partial charge in [-0.1, -0.05) is 6.42 Å². The van der Waals surface area contributed by atoms with E-state index in [2.05, 4.69) is 5.32 Å². The minimum absolute atomic E-state index is 0.0782. The number of furan rings is 1. The Balaban J connectivity index is 1.96. The molecule has 1 aromatic heterocycles. The second-order valence-corrected chi connectivity index (χ2v) is 4.78. The summed E-state index contributed by atoms with van der Waals surface area (Å²) < 4.78 is 10.4. The van der Waals surface area contributed by atoms with Crippen LogP contribution in [0.3, 0.4) is 0 Å². The largest absolute Gasteiger partial charge is 0.467 e. The Morgan fingerprint density at radius 1 is 1.65 bits per heavy atom. The lowest BCUT2D eigenvalue weighted by molar-refractivity contribution is -0.141. The van der Waals surface area contributed by atoms with E-state index in [0.29, 0.717) is 6.61 Å². The number of carbonyl (C=O) groups is 1. The number of methoxy groups -OCH3 is 1. The third-order valence-corrected chi connectivity index (χ3v) is 3.53. The van der Waals surface area contributed by atoms with Gasteiger partial charge in [-0.2, -0.15) is 0 Å². The fourth-order valence-corrected chi connectivity index (χ4v) is 2.28. The second-order valence-electron chi connectivity index (χ2n) is 4.78. The van der Waals surface area contributed by atoms with Crippen molar-refractivity contribution in [2.24, 2.45) is 5.41 Å². The van der Waals surface area contributed by atoms with Gasteiger partial charge in [0.1, 0.15) is 5.76 Å². The van der Waals surface area contributed by atoms with Gasteiger partial charge in [0.15, 0.2) is 0 Å². The van der Waals surface area contributed by atoms with Gasteiger partial charge in [-0.05, 0) is 31.9 Å². The van der Waals surface area contributed by atoms with E-state index in [1.54, 1.807) is 13.4 Å². The number of hydrogen-bond acceptors (Lipinski definition) is 3. The smallest absolute Gasteiger partial charge is 0.229 e. The zero-order chi connectivity index (χ0) is 12.3. The maximum atomic E-state index is 12.2. The summed E-state index contributed by atoms with van der Waals surface area (Å²) in [5, 5.41) is 3.00. The highest BCUT2D eigenvalue weighted by molar-refractivity contribution is 5.84. The zero-order valence-corrected chi connectivity index (χ0v) is 10.4. The number of amides is 1. The first-order valence-electron chi connectivity index (χ1n) is 6.01. The molecule has 1 aliphatic carbocycles. The van der Waals surface area contributed by atoms with Crippen LogP contribution < -0.4 is 5.32 Å². The van der Waals surface area contributed by atoms with Crippen molar-refractivity contribution in [2.45, 2.75) is 32.2 Å². The molecular formula is C13H19NO3. The predicted molar refractivity (Wildman–Crippen MR) is 63.4 cm³/mol. The lowest BCUT2D eigenvalue weighted by Gasteiger charge is -2.40. The van der Waals surface area contributed by atoms with Crippen LogP contribution in [0.15, 0.2) is 22.8 Å². The topological polar surface area (TPSA) is 51.5 Å². The molecule has 1 heterocycles. The molecule has 1 amide bonds. The van der Waals surface area contributed by atoms with Crippen LogP contribution in [0.25, 0.3) is 0 Å². The van der Waals surface area contributed by atoms with Crippen molar-refractivity contribution in [2.75, 3.05) is 13.7 Å². The highest BCUT2D eigenvalue weighted by Crippen LogP contribution is 2.41. The Bertz CT molecular complexity index is 368. The standard InChI is InChI=1S/C13H19NO3/c1-10(11-5-3-8-17-11)14-12(15)13(9-16-2)6-4-7-13/h3,5,8,10H,4,6-7,9H2,1-2H3,(H,14,15)/t10-/m0/s1. The van der Waals surface area contributed by atoms with Crippen LogP contribution in [0, 0.1) is 5.41 Å². The molecule has 0 spiro atoms. The van der Waals surface area contributed by atoms with Gasteiger partial charge < -0.3 is 14.5 Å². The van der Waals surface area contributed by atoms with Gasteiger partial charge in [0.2, 0.25) is 5.91 Å². The van der Waals surface area contributed by atoms with E-state index in [1.807, 2.05) is 19.1 Å². The van der Waals surface area contributed by atoms with Gasteiger partial charge in [0, 0.05) is 7.11 Å². The first-order chi connectivity index (χ1) is 8.18. The third-order valence-electron chi connectivity index (χ3n) is 3.53. The molecule has 1 N–H and O–H groups in total. The summed E-state index contributed by atoms with van der Waals surface area (Å²) in [5.74, 6) is 0.861. The van der Waals surface area contributed by atoms with E-state index in [-0.39, 0.29) is 17.4 Å². The molecule has 4 heteroatoms. The van der Waals surface area contributed by atoms with Crippen molar-refractivity contribution in [3.05, 3.63) is 24.2 Å². The first kappa shape index (κ1) is 12.2. The summed E-state index contributed by atoms with van der Waals surface area (Å²) in [5.41, 5.74) is -0.310. The van der Waals surface area contributed by atoms with E-state index >= 15 is 0 Å². The minimum atomic E-state index is -0.310. The minimum Gasteiger partial charge on any atom is -0.467 e. The van der Waals surface area contributed by atoms with Gasteiger partial charge in [-0.15, -0.1) is 0 Å². The lowest BCUT2D eigenvalue weighted by atomic mass is 9.68. The number of ether oxygens (including phenoxy) is 1. The highest BCUT2D eigenvalue weighted by atomic mass is 16.5. The molecule has 0 saturated heterocycles. The lowest BCUT2D eigenvalue weighted by Crippen LogP contribution is -2.49. The molecule has 1 aliphatic rings. The SMILES string of the molecule is COCC1(C(=O)N[C@@H](C)c2ccco2)CCC1. The molecule has 0 aliphatic heterocycles. The molecule has 4 nitrogen and oxygen atoms in total. The van der Waals surface area contributed by atoms with E-state index in [9.17, 15) is 4.79 Å². The maximum Gasteiger partial charge on any atom is 0.229 e. The van der Waals surface area contributed by atoms with E-state index in [0.717, 1.165) is 25.0 Å². The van der Waals surface area contributed by atoms with Crippen molar-refractivity contribution in [1.82, 2.24) is 5.32 Å². The Labute approximate surface area is 101 Å². The highest BCUT2D eigenvalue weighted by Gasteiger charge is 2.44. The molecule has 0 unspecified atom stereocenters. The molecule has 94 valence electrons. The molecule has 1 saturated carbocycles. The molecule has 1 aromatic rings. The predicted octanol–water partition coefficient (Wildman–Crippen LogP) is 2.27. The molecule has 1 fully saturated rings. The third kappa shape index (κ3) is 2.36. The number of hydrogen-bond donors (Lipinski definition) is 1. The summed E-state index contributed by atoms with van der Waals surface area (Å²) in [6, 6.07) is 3.60. The van der Waals surface area contributed by atoms with Crippen LogP contribution in [0.1, 0.15) is 38.0 Å². The average molecular weight is 237 g/mol. The van der Waals surface area contributed by atoms with Gasteiger partial charge in [-0.3, -0.25) is 4.79 Å². The second kappa shape index (κ2) is 4.92. The molecule has 0 bridgehead atoms. The van der Waals surface area contributed by atoms with Crippen LogP contribution in [0.2, 0.25) is 0 Å². The monoisotopic (exact) mass is 237 g/mol. The Kier molecular flexibility index (Phi) is 3.52. The first-order valence-corrected chi connectivity index (χ1v) is 6.01. The van der Waals surface area contributed by atoms with Crippen LogP contribution in [0.5, 0.6) is 0 Å². The van der Waals surface area contributed by atoms with E-state index < -0.39 is 0 Å². The van der Waals surface area contributed by atoms with Gasteiger partial charge in [0.25, 0.3) is 0 Å². The Hall–Kier alpha value is -1.29. The van der Waals surface area contributed by atoms with Gasteiger partial charge in [-0.25, -0.2) is 0 Å². The van der Waals surface area contributed by atoms with Crippen molar-refractivity contribution in [1.29, 1.82) is 0 Å². The fraction of sp³-hybridized carbons (Fsp3) is 0.615. The summed E-state index contributed by atoms with van der Waals surface area (Å²) in [7, 11) is 1.64. The van der Waals surface area contributed by atoms with Crippen molar-refractivity contribution >= 4 is 5.91 Å². The van der Waals surface area contributed by atoms with E-state index in [4.69, 9.17) is 9.15 Å². The molecule has 0 aromatic carbocycles. The molecule has 17 heavy (non-hydrogen) atoms. The van der Waals surface area contributed by atoms with Crippen LogP contribution in [-0.4, -0.2) is 19.6 Å².